The lowest BCUT2D eigenvalue weighted by atomic mass is 10.1. The highest BCUT2D eigenvalue weighted by molar-refractivity contribution is 6.33. The minimum absolute atomic E-state index is 0.0431. The van der Waals surface area contributed by atoms with E-state index >= 15 is 0 Å². The Morgan fingerprint density at radius 2 is 2.22 bits per heavy atom. The molecule has 0 aliphatic carbocycles. The normalized spacial score (nSPS) is 19.6. The van der Waals surface area contributed by atoms with Gasteiger partial charge in [0, 0.05) is 19.2 Å². The van der Waals surface area contributed by atoms with E-state index in [9.17, 15) is 5.11 Å². The lowest BCUT2D eigenvalue weighted by Crippen LogP contribution is -2.33. The van der Waals surface area contributed by atoms with Gasteiger partial charge in [0.1, 0.15) is 11.9 Å². The van der Waals surface area contributed by atoms with Gasteiger partial charge in [0.15, 0.2) is 11.5 Å². The minimum atomic E-state index is -0.262. The molecule has 0 amide bonds. The standard InChI is InChI=1S/C12H16ClNO4/c1-16-8-5-7(15)11(13)10(12(8)17-2)9-6-14-3-4-18-9/h5,9,14-15H,3-4,6H2,1-2H3. The summed E-state index contributed by atoms with van der Waals surface area (Å²) in [6.07, 6.45) is -0.262. The van der Waals surface area contributed by atoms with Crippen LogP contribution in [0, 0.1) is 0 Å². The molecule has 0 aromatic heterocycles. The molecule has 1 saturated heterocycles. The van der Waals surface area contributed by atoms with Gasteiger partial charge in [0.25, 0.3) is 0 Å². The molecule has 0 spiro atoms. The Hall–Kier alpha value is -1.17. The Labute approximate surface area is 111 Å². The third-order valence-corrected chi connectivity index (χ3v) is 3.27. The maximum absolute atomic E-state index is 9.82. The summed E-state index contributed by atoms with van der Waals surface area (Å²) in [5.41, 5.74) is 0.614. The molecule has 2 N–H and O–H groups in total. The number of ether oxygens (including phenoxy) is 3. The highest BCUT2D eigenvalue weighted by Crippen LogP contribution is 2.45. The zero-order valence-electron chi connectivity index (χ0n) is 10.3. The smallest absolute Gasteiger partial charge is 0.168 e. The Balaban J connectivity index is 2.51. The van der Waals surface area contributed by atoms with E-state index in [4.69, 9.17) is 25.8 Å². The van der Waals surface area contributed by atoms with E-state index in [-0.39, 0.29) is 16.9 Å². The van der Waals surface area contributed by atoms with Crippen molar-refractivity contribution in [3.8, 4) is 17.2 Å². The number of nitrogens with one attached hydrogen (secondary N) is 1. The number of halogens is 1. The summed E-state index contributed by atoms with van der Waals surface area (Å²) >= 11 is 6.15. The third-order valence-electron chi connectivity index (χ3n) is 2.87. The first kappa shape index (κ1) is 13.3. The van der Waals surface area contributed by atoms with Crippen molar-refractivity contribution in [1.29, 1.82) is 0 Å². The highest BCUT2D eigenvalue weighted by Gasteiger charge is 2.27. The fourth-order valence-corrected chi connectivity index (χ4v) is 2.29. The molecular formula is C12H16ClNO4. The summed E-state index contributed by atoms with van der Waals surface area (Å²) in [6, 6.07) is 1.43. The summed E-state index contributed by atoms with van der Waals surface area (Å²) in [5, 5.41) is 13.3. The second-order valence-electron chi connectivity index (χ2n) is 3.92. The van der Waals surface area contributed by atoms with Crippen molar-refractivity contribution in [2.45, 2.75) is 6.10 Å². The summed E-state index contributed by atoms with van der Waals surface area (Å²) < 4.78 is 16.2. The van der Waals surface area contributed by atoms with Gasteiger partial charge in [-0.2, -0.15) is 0 Å². The number of benzene rings is 1. The lowest BCUT2D eigenvalue weighted by molar-refractivity contribution is 0.0260. The Morgan fingerprint density at radius 3 is 2.78 bits per heavy atom. The van der Waals surface area contributed by atoms with Crippen LogP contribution in [0.15, 0.2) is 6.07 Å². The number of morpholine rings is 1. The quantitative estimate of drug-likeness (QED) is 0.878. The number of hydrogen-bond donors (Lipinski definition) is 2. The van der Waals surface area contributed by atoms with E-state index < -0.39 is 0 Å². The molecule has 1 aromatic carbocycles. The van der Waals surface area contributed by atoms with Gasteiger partial charge in [0.05, 0.1) is 31.4 Å². The zero-order valence-corrected chi connectivity index (χ0v) is 11.1. The molecule has 1 fully saturated rings. The van der Waals surface area contributed by atoms with Crippen molar-refractivity contribution in [2.75, 3.05) is 33.9 Å². The van der Waals surface area contributed by atoms with Crippen LogP contribution in [0.4, 0.5) is 0 Å². The van der Waals surface area contributed by atoms with Crippen LogP contribution in [0.5, 0.6) is 17.2 Å². The van der Waals surface area contributed by atoms with Crippen molar-refractivity contribution in [1.82, 2.24) is 5.32 Å². The molecule has 0 saturated carbocycles. The molecule has 1 aliphatic rings. The Morgan fingerprint density at radius 1 is 1.44 bits per heavy atom. The van der Waals surface area contributed by atoms with E-state index in [1.165, 1.54) is 20.3 Å². The second kappa shape index (κ2) is 5.65. The van der Waals surface area contributed by atoms with Crippen LogP contribution in [-0.2, 0) is 4.74 Å². The summed E-state index contributed by atoms with van der Waals surface area (Å²) in [4.78, 5) is 0. The molecule has 100 valence electrons. The molecule has 1 aliphatic heterocycles. The fraction of sp³-hybridized carbons (Fsp3) is 0.500. The summed E-state index contributed by atoms with van der Waals surface area (Å²) in [5.74, 6) is 0.885. The highest BCUT2D eigenvalue weighted by atomic mass is 35.5. The molecule has 18 heavy (non-hydrogen) atoms. The van der Waals surface area contributed by atoms with Crippen LogP contribution >= 0.6 is 11.6 Å². The molecule has 1 aromatic rings. The first-order valence-corrected chi connectivity index (χ1v) is 6.02. The number of rotatable bonds is 3. The van der Waals surface area contributed by atoms with Crippen molar-refractivity contribution in [2.24, 2.45) is 0 Å². The number of methoxy groups -OCH3 is 2. The fourth-order valence-electron chi connectivity index (χ4n) is 2.02. The zero-order chi connectivity index (χ0) is 13.1. The van der Waals surface area contributed by atoms with E-state index in [1.807, 2.05) is 0 Å². The number of hydrogen-bond acceptors (Lipinski definition) is 5. The van der Waals surface area contributed by atoms with Gasteiger partial charge in [-0.05, 0) is 0 Å². The van der Waals surface area contributed by atoms with Crippen molar-refractivity contribution in [3.05, 3.63) is 16.7 Å². The van der Waals surface area contributed by atoms with Crippen molar-refractivity contribution < 1.29 is 19.3 Å². The number of phenols is 1. The molecule has 0 bridgehead atoms. The molecule has 6 heteroatoms. The van der Waals surface area contributed by atoms with Crippen LogP contribution in [0.25, 0.3) is 0 Å². The van der Waals surface area contributed by atoms with Gasteiger partial charge < -0.3 is 24.6 Å². The predicted molar refractivity (Wildman–Crippen MR) is 67.8 cm³/mol. The van der Waals surface area contributed by atoms with Gasteiger partial charge in [0.2, 0.25) is 0 Å². The third kappa shape index (κ3) is 2.34. The Kier molecular flexibility index (Phi) is 4.16. The molecule has 5 nitrogen and oxygen atoms in total. The van der Waals surface area contributed by atoms with Crippen LogP contribution in [0.2, 0.25) is 5.02 Å². The second-order valence-corrected chi connectivity index (χ2v) is 4.30. The molecular weight excluding hydrogens is 258 g/mol. The van der Waals surface area contributed by atoms with Gasteiger partial charge in [-0.1, -0.05) is 11.6 Å². The van der Waals surface area contributed by atoms with Crippen LogP contribution in [0.1, 0.15) is 11.7 Å². The van der Waals surface area contributed by atoms with E-state index in [0.717, 1.165) is 6.54 Å². The average Bonchev–Trinajstić information content (AvgIpc) is 2.42. The predicted octanol–water partition coefficient (Wildman–Crippen LogP) is 1.72. The number of aromatic hydroxyl groups is 1. The molecule has 2 rings (SSSR count). The summed E-state index contributed by atoms with van der Waals surface area (Å²) in [7, 11) is 3.04. The molecule has 0 radical (unpaired) electrons. The van der Waals surface area contributed by atoms with E-state index in [2.05, 4.69) is 5.32 Å². The van der Waals surface area contributed by atoms with E-state index in [1.54, 1.807) is 0 Å². The molecule has 1 heterocycles. The van der Waals surface area contributed by atoms with Gasteiger partial charge >= 0.3 is 0 Å². The maximum atomic E-state index is 9.82. The Bertz CT molecular complexity index is 433. The average molecular weight is 274 g/mol. The first-order chi connectivity index (χ1) is 8.69. The van der Waals surface area contributed by atoms with Gasteiger partial charge in [-0.15, -0.1) is 0 Å². The maximum Gasteiger partial charge on any atom is 0.168 e. The van der Waals surface area contributed by atoms with Crippen LogP contribution < -0.4 is 14.8 Å². The van der Waals surface area contributed by atoms with Crippen LogP contribution in [-0.4, -0.2) is 39.0 Å². The van der Waals surface area contributed by atoms with E-state index in [0.29, 0.717) is 30.2 Å². The first-order valence-electron chi connectivity index (χ1n) is 5.64. The minimum Gasteiger partial charge on any atom is -0.506 e. The van der Waals surface area contributed by atoms with Crippen LogP contribution in [0.3, 0.4) is 0 Å². The van der Waals surface area contributed by atoms with Gasteiger partial charge in [-0.25, -0.2) is 0 Å². The molecule has 1 unspecified atom stereocenters. The number of phenolic OH excluding ortho intramolecular Hbond substituents is 1. The van der Waals surface area contributed by atoms with Crippen molar-refractivity contribution in [3.63, 3.8) is 0 Å². The molecule has 1 atom stereocenters. The van der Waals surface area contributed by atoms with Crippen molar-refractivity contribution >= 4 is 11.6 Å². The lowest BCUT2D eigenvalue weighted by Gasteiger charge is -2.27. The topological polar surface area (TPSA) is 60.0 Å². The largest absolute Gasteiger partial charge is 0.506 e. The SMILES string of the molecule is COc1cc(O)c(Cl)c(C2CNCCO2)c1OC. The summed E-state index contributed by atoms with van der Waals surface area (Å²) in [6.45, 7) is 2.00. The monoisotopic (exact) mass is 273 g/mol. The van der Waals surface area contributed by atoms with Gasteiger partial charge in [-0.3, -0.25) is 0 Å².